The third kappa shape index (κ3) is 2.61. The highest BCUT2D eigenvalue weighted by Gasteiger charge is 2.26. The molecular weight excluding hydrogens is 615 g/mol. The maximum absolute atomic E-state index is 2.56. The van der Waals surface area contributed by atoms with Gasteiger partial charge in [0.2, 0.25) is 0 Å². The first kappa shape index (κ1) is 22.0. The van der Waals surface area contributed by atoms with Gasteiger partial charge in [0.05, 0.1) is 67.0 Å². The molecule has 0 saturated carbocycles. The van der Waals surface area contributed by atoms with Crippen molar-refractivity contribution in [1.82, 2.24) is 16.3 Å². The van der Waals surface area contributed by atoms with Gasteiger partial charge in [0.15, 0.2) is 0 Å². The summed E-state index contributed by atoms with van der Waals surface area (Å²) in [6.45, 7) is 0. The van der Waals surface area contributed by atoms with Gasteiger partial charge in [0.25, 0.3) is 0 Å². The molecule has 10 aromatic rings. The summed E-state index contributed by atoms with van der Waals surface area (Å²) in [5, 5.41) is 6.42. The minimum atomic E-state index is 1.17. The number of hydrogen-bond donors (Lipinski definition) is 0. The van der Waals surface area contributed by atoms with Gasteiger partial charge in [-0.3, -0.25) is 2.78 Å². The molecule has 0 aliphatic heterocycles. The Morgan fingerprint density at radius 1 is 0.415 bits per heavy atom. The molecule has 5 heteroatoms. The van der Waals surface area contributed by atoms with E-state index in [-0.39, 0.29) is 0 Å². The Morgan fingerprint density at radius 3 is 1.93 bits per heavy atom. The van der Waals surface area contributed by atoms with E-state index in [2.05, 4.69) is 167 Å². The maximum atomic E-state index is 2.56. The van der Waals surface area contributed by atoms with Crippen molar-refractivity contribution < 1.29 is 0 Å². The van der Waals surface area contributed by atoms with Crippen LogP contribution in [0, 0.1) is 0 Å². The minimum Gasteiger partial charge on any atom is -0.315 e. The SMILES string of the molecule is In1c2cccc3c2c2c1ccc1c4c(ccn4-c4ccccc4)n(c12)c1c2ccccc2n(-c2ccccc2)c31. The zero-order valence-corrected chi connectivity index (χ0v) is 23.9. The Morgan fingerprint density at radius 2 is 1.10 bits per heavy atom. The van der Waals surface area contributed by atoms with E-state index in [4.69, 9.17) is 0 Å². The third-order valence-corrected chi connectivity index (χ3v) is 9.87. The highest BCUT2D eigenvalue weighted by molar-refractivity contribution is 14.1. The molecule has 4 nitrogen and oxygen atoms in total. The molecule has 0 N–H and O–H groups in total. The van der Waals surface area contributed by atoms with Crippen molar-refractivity contribution in [2.45, 2.75) is 0 Å². The van der Waals surface area contributed by atoms with Crippen LogP contribution in [0.15, 0.2) is 128 Å². The predicted molar refractivity (Wildman–Crippen MR) is 180 cm³/mol. The molecule has 0 aliphatic carbocycles. The summed E-state index contributed by atoms with van der Waals surface area (Å²) < 4.78 is 9.70. The third-order valence-electron chi connectivity index (χ3n) is 8.83. The summed E-state index contributed by atoms with van der Waals surface area (Å²) in [5.41, 5.74) is 12.2. The van der Waals surface area contributed by atoms with Gasteiger partial charge in [-0.15, -0.1) is 0 Å². The van der Waals surface area contributed by atoms with E-state index in [1.165, 1.54) is 82.4 Å². The fraction of sp³-hybridized carbons (Fsp3) is 0. The molecule has 0 radical (unpaired) electrons. The molecule has 0 amide bonds. The lowest BCUT2D eigenvalue weighted by Crippen LogP contribution is -1.93. The van der Waals surface area contributed by atoms with Gasteiger partial charge in [-0.2, -0.15) is 0 Å². The molecule has 0 unspecified atom stereocenters. The van der Waals surface area contributed by atoms with Crippen molar-refractivity contribution in [2.75, 3.05) is 0 Å². The topological polar surface area (TPSA) is 19.2 Å². The second-order valence-electron chi connectivity index (χ2n) is 10.8. The maximum Gasteiger partial charge on any atom is 0.0804 e. The average Bonchev–Trinajstić information content (AvgIpc) is 3.74. The van der Waals surface area contributed by atoms with Crippen molar-refractivity contribution in [3.63, 3.8) is 0 Å². The first-order chi connectivity index (χ1) is 20.3. The molecule has 0 bridgehead atoms. The van der Waals surface area contributed by atoms with Crippen LogP contribution < -0.4 is 0 Å². The van der Waals surface area contributed by atoms with Gasteiger partial charge < -0.3 is 13.5 Å². The molecule has 0 spiro atoms. The van der Waals surface area contributed by atoms with E-state index in [1.807, 2.05) is 0 Å². The van der Waals surface area contributed by atoms with Crippen LogP contribution in [0.4, 0.5) is 0 Å². The van der Waals surface area contributed by atoms with E-state index in [0.717, 1.165) is 0 Å². The molecule has 10 rings (SSSR count). The summed E-state index contributed by atoms with van der Waals surface area (Å²) >= 11 is 2.48. The molecule has 41 heavy (non-hydrogen) atoms. The summed E-state index contributed by atoms with van der Waals surface area (Å²) in [5.74, 6) is 0. The van der Waals surface area contributed by atoms with Crippen LogP contribution in [0.1, 0.15) is 0 Å². The molecule has 0 atom stereocenters. The molecule has 5 aromatic heterocycles. The number of hydrogen-bond acceptors (Lipinski definition) is 0. The fourth-order valence-corrected chi connectivity index (χ4v) is 8.08. The monoisotopic (exact) mass is 636 g/mol. The standard InChI is InChI=1S/C36H21IN4/c37-41-28-17-9-15-25-31(28)32-29(41)19-18-26-33-30(20-21-38(33)22-10-3-1-4-11-22)40(34(26)32)35-24-14-7-8-16-27(24)39(36(25)35)23-12-5-2-6-13-23/h1-21H. The van der Waals surface area contributed by atoms with Crippen LogP contribution in [-0.4, -0.2) is 16.3 Å². The van der Waals surface area contributed by atoms with E-state index in [1.54, 1.807) is 0 Å². The van der Waals surface area contributed by atoms with Crippen molar-refractivity contribution in [3.05, 3.63) is 128 Å². The second-order valence-corrected chi connectivity index (χ2v) is 11.8. The van der Waals surface area contributed by atoms with Crippen LogP contribution in [-0.2, 0) is 0 Å². The largest absolute Gasteiger partial charge is 0.315 e. The van der Waals surface area contributed by atoms with E-state index in [0.29, 0.717) is 0 Å². The van der Waals surface area contributed by atoms with Crippen LogP contribution in [0.2, 0.25) is 0 Å². The van der Waals surface area contributed by atoms with Crippen LogP contribution >= 0.6 is 22.9 Å². The number of halogens is 1. The first-order valence-electron chi connectivity index (χ1n) is 13.8. The highest BCUT2D eigenvalue weighted by Crippen LogP contribution is 2.47. The van der Waals surface area contributed by atoms with E-state index in [9.17, 15) is 0 Å². The number of para-hydroxylation sites is 3. The van der Waals surface area contributed by atoms with Crippen molar-refractivity contribution in [1.29, 1.82) is 0 Å². The van der Waals surface area contributed by atoms with Crippen LogP contribution in [0.25, 0.3) is 82.4 Å². The van der Waals surface area contributed by atoms with Crippen LogP contribution in [0.5, 0.6) is 0 Å². The summed E-state index contributed by atoms with van der Waals surface area (Å²) in [7, 11) is 0. The van der Waals surface area contributed by atoms with Crippen molar-refractivity contribution >= 4 is 93.9 Å². The van der Waals surface area contributed by atoms with Gasteiger partial charge in [0.1, 0.15) is 0 Å². The molecule has 192 valence electrons. The lowest BCUT2D eigenvalue weighted by molar-refractivity contribution is 1.13. The Balaban J connectivity index is 1.61. The van der Waals surface area contributed by atoms with Crippen molar-refractivity contribution in [3.8, 4) is 11.4 Å². The van der Waals surface area contributed by atoms with Gasteiger partial charge in [-0.1, -0.05) is 66.7 Å². The zero-order chi connectivity index (χ0) is 26.8. The quantitative estimate of drug-likeness (QED) is 0.168. The first-order valence-corrected chi connectivity index (χ1v) is 14.8. The second kappa shape index (κ2) is 7.71. The van der Waals surface area contributed by atoms with Crippen molar-refractivity contribution in [2.24, 2.45) is 0 Å². The summed E-state index contributed by atoms with van der Waals surface area (Å²) in [6.07, 6.45) is 2.22. The van der Waals surface area contributed by atoms with E-state index < -0.39 is 0 Å². The minimum absolute atomic E-state index is 1.17. The van der Waals surface area contributed by atoms with Gasteiger partial charge >= 0.3 is 0 Å². The average molecular weight is 636 g/mol. The normalized spacial score (nSPS) is 12.5. The Hall–Kier alpha value is -4.75. The van der Waals surface area contributed by atoms with Gasteiger partial charge in [-0.05, 0) is 54.6 Å². The zero-order valence-electron chi connectivity index (χ0n) is 21.8. The van der Waals surface area contributed by atoms with E-state index >= 15 is 0 Å². The number of benzene rings is 5. The summed E-state index contributed by atoms with van der Waals surface area (Å²) in [6, 6.07) is 44.1. The van der Waals surface area contributed by atoms with Crippen LogP contribution in [0.3, 0.4) is 0 Å². The molecule has 5 aromatic carbocycles. The smallest absolute Gasteiger partial charge is 0.0804 e. The van der Waals surface area contributed by atoms with Gasteiger partial charge in [-0.25, -0.2) is 0 Å². The molecule has 0 saturated heterocycles. The number of fused-ring (bicyclic) bond motifs is 8. The van der Waals surface area contributed by atoms with Gasteiger partial charge in [0, 0.05) is 44.5 Å². The highest BCUT2D eigenvalue weighted by atomic mass is 127. The molecule has 0 fully saturated rings. The predicted octanol–water partition coefficient (Wildman–Crippen LogP) is 9.88. The number of nitrogens with zero attached hydrogens (tertiary/aromatic N) is 4. The lowest BCUT2D eigenvalue weighted by atomic mass is 10.1. The Kier molecular flexibility index (Phi) is 4.13. The molecule has 5 heterocycles. The fourth-order valence-electron chi connectivity index (χ4n) is 7.28. The summed E-state index contributed by atoms with van der Waals surface area (Å²) in [4.78, 5) is 0. The number of aromatic nitrogens is 4. The number of rotatable bonds is 2. The Bertz CT molecular complexity index is 2630. The lowest BCUT2D eigenvalue weighted by Gasteiger charge is -2.08. The molecular formula is C36H21IN4. The molecule has 0 aliphatic rings. The Labute approximate surface area is 248 Å².